The van der Waals surface area contributed by atoms with Gasteiger partial charge in [0.15, 0.2) is 0 Å². The third kappa shape index (κ3) is 2.26. The van der Waals surface area contributed by atoms with E-state index in [1.165, 1.54) is 12.4 Å². The maximum absolute atomic E-state index is 8.87. The predicted octanol–water partition coefficient (Wildman–Crippen LogP) is 1.31. The number of rotatable bonds is 2. The van der Waals surface area contributed by atoms with Crippen LogP contribution in [0.5, 0.6) is 0 Å². The molecule has 2 aromatic rings. The number of pyridine rings is 2. The van der Waals surface area contributed by atoms with Crippen LogP contribution in [0.1, 0.15) is 11.3 Å². The van der Waals surface area contributed by atoms with E-state index in [1.807, 2.05) is 12.1 Å². The van der Waals surface area contributed by atoms with Gasteiger partial charge in [0.2, 0.25) is 0 Å². The molecule has 17 heavy (non-hydrogen) atoms. The molecule has 0 radical (unpaired) electrons. The van der Waals surface area contributed by atoms with Crippen molar-refractivity contribution in [2.45, 2.75) is 0 Å². The number of hydrogen-bond acceptors (Lipinski definition) is 5. The largest absolute Gasteiger partial charge is 0.323 e. The summed E-state index contributed by atoms with van der Waals surface area (Å²) in [6.45, 7) is 0. The topological polar surface area (TPSA) is 88.0 Å². The number of nitrogens with two attached hydrogens (primary N) is 1. The lowest BCUT2D eigenvalue weighted by atomic mass is 10.0. The van der Waals surface area contributed by atoms with Gasteiger partial charge in [-0.25, -0.2) is 0 Å². The van der Waals surface area contributed by atoms with E-state index in [0.29, 0.717) is 11.3 Å². The Balaban J connectivity index is 2.61. The van der Waals surface area contributed by atoms with Crippen LogP contribution in [0.25, 0.3) is 11.1 Å². The van der Waals surface area contributed by atoms with Gasteiger partial charge in [-0.2, -0.15) is 10.4 Å². The third-order valence-electron chi connectivity index (χ3n) is 2.24. The number of hydrazone groups is 1. The summed E-state index contributed by atoms with van der Waals surface area (Å²) in [7, 11) is 0. The molecule has 0 aliphatic heterocycles. The quantitative estimate of drug-likeness (QED) is 0.472. The lowest BCUT2D eigenvalue weighted by Gasteiger charge is -2.04. The smallest absolute Gasteiger partial charge is 0.101 e. The molecule has 0 aliphatic carbocycles. The maximum atomic E-state index is 8.87. The molecule has 0 aliphatic rings. The zero-order valence-corrected chi connectivity index (χ0v) is 8.91. The lowest BCUT2D eigenvalue weighted by Crippen LogP contribution is -1.96. The van der Waals surface area contributed by atoms with E-state index in [2.05, 4.69) is 21.1 Å². The van der Waals surface area contributed by atoms with Gasteiger partial charge in [-0.15, -0.1) is 0 Å². The summed E-state index contributed by atoms with van der Waals surface area (Å²) in [5.41, 5.74) is 2.84. The summed E-state index contributed by atoms with van der Waals surface area (Å²) in [4.78, 5) is 8.09. The molecule has 0 bridgehead atoms. The van der Waals surface area contributed by atoms with Gasteiger partial charge in [-0.1, -0.05) is 0 Å². The molecule has 0 fully saturated rings. The van der Waals surface area contributed by atoms with Gasteiger partial charge in [0.05, 0.1) is 17.5 Å². The van der Waals surface area contributed by atoms with Crippen molar-refractivity contribution in [2.75, 3.05) is 0 Å². The second kappa shape index (κ2) is 4.86. The maximum Gasteiger partial charge on any atom is 0.101 e. The van der Waals surface area contributed by atoms with Crippen molar-refractivity contribution >= 4 is 6.21 Å². The van der Waals surface area contributed by atoms with Crippen LogP contribution < -0.4 is 5.84 Å². The molecule has 2 aromatic heterocycles. The highest BCUT2D eigenvalue weighted by Gasteiger charge is 2.06. The summed E-state index contributed by atoms with van der Waals surface area (Å²) in [5, 5.41) is 12.3. The van der Waals surface area contributed by atoms with Crippen LogP contribution in [0.4, 0.5) is 0 Å². The Morgan fingerprint density at radius 1 is 1.35 bits per heavy atom. The molecule has 5 nitrogen and oxygen atoms in total. The van der Waals surface area contributed by atoms with Crippen molar-refractivity contribution in [3.05, 3.63) is 48.0 Å². The average molecular weight is 223 g/mol. The highest BCUT2D eigenvalue weighted by Crippen LogP contribution is 2.21. The first-order valence-electron chi connectivity index (χ1n) is 4.89. The molecule has 82 valence electrons. The highest BCUT2D eigenvalue weighted by molar-refractivity contribution is 5.88. The first-order valence-corrected chi connectivity index (χ1v) is 4.89. The van der Waals surface area contributed by atoms with Gasteiger partial charge in [0.1, 0.15) is 6.07 Å². The molecule has 0 saturated carbocycles. The van der Waals surface area contributed by atoms with E-state index >= 15 is 0 Å². The molecule has 0 unspecified atom stereocenters. The van der Waals surface area contributed by atoms with E-state index in [9.17, 15) is 0 Å². The van der Waals surface area contributed by atoms with Crippen molar-refractivity contribution in [2.24, 2.45) is 10.9 Å². The fraction of sp³-hybridized carbons (Fsp3) is 0. The number of hydrogen-bond donors (Lipinski definition) is 1. The third-order valence-corrected chi connectivity index (χ3v) is 2.24. The lowest BCUT2D eigenvalue weighted by molar-refractivity contribution is 1.23. The molecule has 2 N–H and O–H groups in total. The van der Waals surface area contributed by atoms with Crippen molar-refractivity contribution in [3.63, 3.8) is 0 Å². The van der Waals surface area contributed by atoms with E-state index in [4.69, 9.17) is 11.1 Å². The Morgan fingerprint density at radius 2 is 2.12 bits per heavy atom. The van der Waals surface area contributed by atoms with Crippen LogP contribution in [-0.2, 0) is 0 Å². The van der Waals surface area contributed by atoms with Gasteiger partial charge in [0, 0.05) is 24.2 Å². The van der Waals surface area contributed by atoms with Crippen molar-refractivity contribution in [1.82, 2.24) is 9.97 Å². The summed E-state index contributed by atoms with van der Waals surface area (Å²) in [6.07, 6.45) is 6.30. The Morgan fingerprint density at radius 3 is 2.76 bits per heavy atom. The second-order valence-corrected chi connectivity index (χ2v) is 3.28. The Kier molecular flexibility index (Phi) is 3.08. The SMILES string of the molecule is N#Cc1cnc(C=NN)c(-c2ccncc2)c1. The molecule has 0 spiro atoms. The highest BCUT2D eigenvalue weighted by atomic mass is 15.1. The molecular weight excluding hydrogens is 214 g/mol. The summed E-state index contributed by atoms with van der Waals surface area (Å²) in [5.74, 6) is 5.13. The molecular formula is C12H9N5. The minimum absolute atomic E-state index is 0.492. The number of nitriles is 1. The van der Waals surface area contributed by atoms with Crippen molar-refractivity contribution < 1.29 is 0 Å². The van der Waals surface area contributed by atoms with Crippen LogP contribution in [0.2, 0.25) is 0 Å². The first kappa shape index (κ1) is 10.8. The van der Waals surface area contributed by atoms with Gasteiger partial charge in [-0.3, -0.25) is 9.97 Å². The van der Waals surface area contributed by atoms with Gasteiger partial charge < -0.3 is 5.84 Å². The minimum atomic E-state index is 0.492. The summed E-state index contributed by atoms with van der Waals surface area (Å²) >= 11 is 0. The molecule has 0 aromatic carbocycles. The Labute approximate surface area is 98.3 Å². The molecule has 2 rings (SSSR count). The predicted molar refractivity (Wildman–Crippen MR) is 64.0 cm³/mol. The zero-order chi connectivity index (χ0) is 12.1. The van der Waals surface area contributed by atoms with Crippen LogP contribution >= 0.6 is 0 Å². The standard InChI is InChI=1S/C12H9N5/c13-6-9-5-11(10-1-3-15-4-2-10)12(8-17-14)16-7-9/h1-5,7-8H,14H2. The van der Waals surface area contributed by atoms with Gasteiger partial charge >= 0.3 is 0 Å². The molecule has 0 amide bonds. The fourth-order valence-electron chi connectivity index (χ4n) is 1.47. The molecule has 0 atom stereocenters. The zero-order valence-electron chi connectivity index (χ0n) is 8.91. The van der Waals surface area contributed by atoms with E-state index in [0.717, 1.165) is 11.1 Å². The molecule has 2 heterocycles. The summed E-state index contributed by atoms with van der Waals surface area (Å²) < 4.78 is 0. The number of aromatic nitrogens is 2. The second-order valence-electron chi connectivity index (χ2n) is 3.28. The molecule has 5 heteroatoms. The monoisotopic (exact) mass is 223 g/mol. The van der Waals surface area contributed by atoms with Crippen LogP contribution in [0.3, 0.4) is 0 Å². The van der Waals surface area contributed by atoms with Crippen LogP contribution in [0.15, 0.2) is 41.9 Å². The van der Waals surface area contributed by atoms with Crippen LogP contribution in [0, 0.1) is 11.3 Å². The van der Waals surface area contributed by atoms with E-state index < -0.39 is 0 Å². The molecule has 0 saturated heterocycles. The van der Waals surface area contributed by atoms with Gasteiger partial charge in [0.25, 0.3) is 0 Å². The normalized spacial score (nSPS) is 10.3. The van der Waals surface area contributed by atoms with Gasteiger partial charge in [-0.05, 0) is 23.8 Å². The first-order chi connectivity index (χ1) is 8.35. The van der Waals surface area contributed by atoms with Crippen LogP contribution in [-0.4, -0.2) is 16.2 Å². The van der Waals surface area contributed by atoms with E-state index in [-0.39, 0.29) is 0 Å². The van der Waals surface area contributed by atoms with E-state index in [1.54, 1.807) is 18.5 Å². The Bertz CT molecular complexity index is 584. The Hall–Kier alpha value is -2.74. The summed E-state index contributed by atoms with van der Waals surface area (Å²) in [6, 6.07) is 7.48. The average Bonchev–Trinajstić information content (AvgIpc) is 2.40. The number of nitrogens with zero attached hydrogens (tertiary/aromatic N) is 4. The van der Waals surface area contributed by atoms with Crippen molar-refractivity contribution in [3.8, 4) is 17.2 Å². The van der Waals surface area contributed by atoms with Crippen molar-refractivity contribution in [1.29, 1.82) is 5.26 Å². The fourth-order valence-corrected chi connectivity index (χ4v) is 1.47. The minimum Gasteiger partial charge on any atom is -0.323 e.